The molecule has 1 heteroatoms. The average Bonchev–Trinajstić information content (AvgIpc) is 2.38. The molecule has 1 aliphatic rings. The van der Waals surface area contributed by atoms with Crippen LogP contribution in [-0.4, -0.2) is 13.1 Å². The molecule has 0 saturated heterocycles. The molecule has 2 aromatic rings. The molecule has 3 atom stereocenters. The number of hydrogen-bond acceptors (Lipinski definition) is 1. The number of fused-ring (bicyclic) bond motifs is 1. The van der Waals surface area contributed by atoms with Gasteiger partial charge in [-0.3, -0.25) is 0 Å². The molecule has 0 bridgehead atoms. The lowest BCUT2D eigenvalue weighted by Gasteiger charge is -2.45. The standard InChI is InChI=1S/C17H21N/c1-3-15-16(11-17(15)18-2)14-9-8-12-6-4-5-7-13(12)10-14/h4-10,15-18H,3,11H2,1-2H3. The Morgan fingerprint density at radius 3 is 2.61 bits per heavy atom. The summed E-state index contributed by atoms with van der Waals surface area (Å²) in [6.07, 6.45) is 2.55. The van der Waals surface area contributed by atoms with Crippen molar-refractivity contribution in [2.24, 2.45) is 5.92 Å². The number of nitrogens with one attached hydrogen (secondary N) is 1. The SMILES string of the molecule is CCC1C(NC)CC1c1ccc2ccccc2c1. The third-order valence-corrected chi connectivity index (χ3v) is 4.59. The van der Waals surface area contributed by atoms with Crippen molar-refractivity contribution in [2.75, 3.05) is 7.05 Å². The second-order valence-corrected chi connectivity index (χ2v) is 5.42. The predicted octanol–water partition coefficient (Wildman–Crippen LogP) is 3.94. The van der Waals surface area contributed by atoms with Crippen LogP contribution in [0.5, 0.6) is 0 Å². The van der Waals surface area contributed by atoms with Crippen LogP contribution in [0, 0.1) is 5.92 Å². The molecule has 0 radical (unpaired) electrons. The highest BCUT2D eigenvalue weighted by molar-refractivity contribution is 5.83. The van der Waals surface area contributed by atoms with Gasteiger partial charge in [-0.2, -0.15) is 0 Å². The smallest absolute Gasteiger partial charge is 0.0104 e. The molecule has 1 nitrogen and oxygen atoms in total. The fraction of sp³-hybridized carbons (Fsp3) is 0.412. The molecule has 1 N–H and O–H groups in total. The predicted molar refractivity (Wildman–Crippen MR) is 77.9 cm³/mol. The quantitative estimate of drug-likeness (QED) is 0.855. The van der Waals surface area contributed by atoms with Crippen molar-refractivity contribution in [2.45, 2.75) is 31.7 Å². The maximum Gasteiger partial charge on any atom is 0.0104 e. The monoisotopic (exact) mass is 239 g/mol. The molecule has 2 aromatic carbocycles. The van der Waals surface area contributed by atoms with Gasteiger partial charge in [-0.05, 0) is 41.6 Å². The summed E-state index contributed by atoms with van der Waals surface area (Å²) in [4.78, 5) is 0. The molecular weight excluding hydrogens is 218 g/mol. The summed E-state index contributed by atoms with van der Waals surface area (Å²) >= 11 is 0. The van der Waals surface area contributed by atoms with E-state index in [1.165, 1.54) is 29.2 Å². The lowest BCUT2D eigenvalue weighted by molar-refractivity contribution is 0.169. The molecule has 18 heavy (non-hydrogen) atoms. The van der Waals surface area contributed by atoms with Gasteiger partial charge in [0.1, 0.15) is 0 Å². The van der Waals surface area contributed by atoms with Crippen molar-refractivity contribution in [3.63, 3.8) is 0 Å². The fourth-order valence-corrected chi connectivity index (χ4v) is 3.43. The Kier molecular flexibility index (Phi) is 3.09. The summed E-state index contributed by atoms with van der Waals surface area (Å²) in [5.74, 6) is 1.55. The van der Waals surface area contributed by atoms with E-state index in [1.807, 2.05) is 0 Å². The van der Waals surface area contributed by atoms with Crippen LogP contribution in [0.25, 0.3) is 10.8 Å². The van der Waals surface area contributed by atoms with Gasteiger partial charge >= 0.3 is 0 Å². The molecule has 0 aliphatic heterocycles. The molecule has 3 unspecified atom stereocenters. The third kappa shape index (κ3) is 1.83. The zero-order valence-electron chi connectivity index (χ0n) is 11.2. The molecule has 0 amide bonds. The highest BCUT2D eigenvalue weighted by Crippen LogP contribution is 2.44. The zero-order valence-corrected chi connectivity index (χ0v) is 11.2. The van der Waals surface area contributed by atoms with Crippen LogP contribution < -0.4 is 5.32 Å². The van der Waals surface area contributed by atoms with Gasteiger partial charge in [0.25, 0.3) is 0 Å². The van der Waals surface area contributed by atoms with Gasteiger partial charge in [0.15, 0.2) is 0 Å². The largest absolute Gasteiger partial charge is 0.317 e. The van der Waals surface area contributed by atoms with Crippen molar-refractivity contribution in [3.05, 3.63) is 48.0 Å². The molecule has 0 aromatic heterocycles. The highest BCUT2D eigenvalue weighted by atomic mass is 14.9. The van der Waals surface area contributed by atoms with Crippen molar-refractivity contribution >= 4 is 10.8 Å². The van der Waals surface area contributed by atoms with Crippen LogP contribution >= 0.6 is 0 Å². The lowest BCUT2D eigenvalue weighted by Crippen LogP contribution is -2.47. The van der Waals surface area contributed by atoms with Crippen LogP contribution in [0.1, 0.15) is 31.2 Å². The van der Waals surface area contributed by atoms with E-state index >= 15 is 0 Å². The second-order valence-electron chi connectivity index (χ2n) is 5.42. The van der Waals surface area contributed by atoms with Crippen molar-refractivity contribution in [1.29, 1.82) is 0 Å². The first-order chi connectivity index (χ1) is 8.83. The zero-order chi connectivity index (χ0) is 12.5. The Labute approximate surface area is 109 Å². The second kappa shape index (κ2) is 4.74. The van der Waals surface area contributed by atoms with E-state index in [1.54, 1.807) is 0 Å². The lowest BCUT2D eigenvalue weighted by atomic mass is 9.65. The van der Waals surface area contributed by atoms with Crippen LogP contribution in [0.3, 0.4) is 0 Å². The van der Waals surface area contributed by atoms with Crippen LogP contribution in [0.2, 0.25) is 0 Å². The van der Waals surface area contributed by atoms with Gasteiger partial charge in [0.2, 0.25) is 0 Å². The van der Waals surface area contributed by atoms with E-state index < -0.39 is 0 Å². The summed E-state index contributed by atoms with van der Waals surface area (Å²) in [6.45, 7) is 2.31. The molecule has 0 spiro atoms. The molecule has 1 saturated carbocycles. The Morgan fingerprint density at radius 1 is 1.11 bits per heavy atom. The minimum atomic E-state index is 0.714. The maximum atomic E-state index is 3.44. The van der Waals surface area contributed by atoms with E-state index in [9.17, 15) is 0 Å². The molecule has 0 heterocycles. The van der Waals surface area contributed by atoms with Gasteiger partial charge in [0.05, 0.1) is 0 Å². The highest BCUT2D eigenvalue weighted by Gasteiger charge is 2.39. The minimum absolute atomic E-state index is 0.714. The summed E-state index contributed by atoms with van der Waals surface area (Å²) < 4.78 is 0. The average molecular weight is 239 g/mol. The van der Waals surface area contributed by atoms with Gasteiger partial charge in [0, 0.05) is 6.04 Å². The van der Waals surface area contributed by atoms with Crippen molar-refractivity contribution in [3.8, 4) is 0 Å². The van der Waals surface area contributed by atoms with Gasteiger partial charge < -0.3 is 5.32 Å². The van der Waals surface area contributed by atoms with Crippen LogP contribution in [0.15, 0.2) is 42.5 Å². The summed E-state index contributed by atoms with van der Waals surface area (Å²) in [5, 5.41) is 6.16. The molecule has 3 rings (SSSR count). The third-order valence-electron chi connectivity index (χ3n) is 4.59. The maximum absolute atomic E-state index is 3.44. The molecule has 1 aliphatic carbocycles. The Morgan fingerprint density at radius 2 is 1.89 bits per heavy atom. The van der Waals surface area contributed by atoms with Gasteiger partial charge in [-0.25, -0.2) is 0 Å². The summed E-state index contributed by atoms with van der Waals surface area (Å²) in [7, 11) is 2.09. The topological polar surface area (TPSA) is 12.0 Å². The Hall–Kier alpha value is -1.34. The molecular formula is C17H21N. The van der Waals surface area contributed by atoms with E-state index in [4.69, 9.17) is 0 Å². The first kappa shape index (κ1) is 11.7. The van der Waals surface area contributed by atoms with Crippen molar-refractivity contribution < 1.29 is 0 Å². The van der Waals surface area contributed by atoms with Gasteiger partial charge in [-0.1, -0.05) is 55.8 Å². The Bertz CT molecular complexity index is 546. The fourth-order valence-electron chi connectivity index (χ4n) is 3.43. The minimum Gasteiger partial charge on any atom is -0.317 e. The molecule has 1 fully saturated rings. The Balaban J connectivity index is 1.91. The number of rotatable bonds is 3. The first-order valence-corrected chi connectivity index (χ1v) is 6.99. The first-order valence-electron chi connectivity index (χ1n) is 6.99. The number of benzene rings is 2. The summed E-state index contributed by atoms with van der Waals surface area (Å²) in [6, 6.07) is 16.3. The summed E-state index contributed by atoms with van der Waals surface area (Å²) in [5.41, 5.74) is 1.52. The van der Waals surface area contributed by atoms with E-state index in [2.05, 4.69) is 61.8 Å². The van der Waals surface area contributed by atoms with Crippen LogP contribution in [0.4, 0.5) is 0 Å². The van der Waals surface area contributed by atoms with Crippen LogP contribution in [-0.2, 0) is 0 Å². The molecule has 94 valence electrons. The van der Waals surface area contributed by atoms with E-state index in [-0.39, 0.29) is 0 Å². The number of hydrogen-bond donors (Lipinski definition) is 1. The normalized spacial score (nSPS) is 27.1. The van der Waals surface area contributed by atoms with E-state index in [0.717, 1.165) is 11.8 Å². The van der Waals surface area contributed by atoms with E-state index in [0.29, 0.717) is 6.04 Å². The van der Waals surface area contributed by atoms with Crippen molar-refractivity contribution in [1.82, 2.24) is 5.32 Å². The van der Waals surface area contributed by atoms with Gasteiger partial charge in [-0.15, -0.1) is 0 Å².